The van der Waals surface area contributed by atoms with Crippen LogP contribution in [0.5, 0.6) is 0 Å². The Balaban J connectivity index is 2.37. The van der Waals surface area contributed by atoms with Crippen LogP contribution >= 0.6 is 0 Å². The number of ether oxygens (including phenoxy) is 2. The Bertz CT molecular complexity index is 457. The monoisotopic (exact) mass is 284 g/mol. The van der Waals surface area contributed by atoms with E-state index in [2.05, 4.69) is 5.32 Å². The third-order valence-corrected chi connectivity index (χ3v) is 2.33. The number of hydrogen-bond donors (Lipinski definition) is 1. The maximum absolute atomic E-state index is 11.5. The van der Waals surface area contributed by atoms with Crippen molar-refractivity contribution >= 4 is 23.9 Å². The second kappa shape index (κ2) is 6.69. The van der Waals surface area contributed by atoms with Crippen molar-refractivity contribution in [3.63, 3.8) is 0 Å². The molecule has 1 N–H and O–H groups in total. The zero-order chi connectivity index (χ0) is 15.3. The number of rotatable bonds is 5. The number of urea groups is 1. The van der Waals surface area contributed by atoms with Crippen molar-refractivity contribution in [2.45, 2.75) is 26.0 Å². The minimum Gasteiger partial charge on any atom is -0.460 e. The van der Waals surface area contributed by atoms with E-state index >= 15 is 0 Å². The second-order valence-electron chi connectivity index (χ2n) is 4.35. The average molecular weight is 284 g/mol. The van der Waals surface area contributed by atoms with Crippen molar-refractivity contribution in [3.8, 4) is 0 Å². The van der Waals surface area contributed by atoms with Crippen molar-refractivity contribution in [3.05, 3.63) is 12.2 Å². The summed E-state index contributed by atoms with van der Waals surface area (Å²) < 4.78 is 9.53. The summed E-state index contributed by atoms with van der Waals surface area (Å²) in [5, 5.41) is 2.34. The summed E-state index contributed by atoms with van der Waals surface area (Å²) in [5.41, 5.74) is 0. The number of carbonyl (C=O) groups excluding carboxylic acids is 4. The van der Waals surface area contributed by atoms with Gasteiger partial charge in [0.05, 0.1) is 6.10 Å². The Morgan fingerprint density at radius 2 is 1.90 bits per heavy atom. The van der Waals surface area contributed by atoms with E-state index in [4.69, 9.17) is 9.47 Å². The van der Waals surface area contributed by atoms with Crippen LogP contribution in [0.2, 0.25) is 0 Å². The molecule has 0 aliphatic carbocycles. The quantitative estimate of drug-likeness (QED) is 0.418. The summed E-state index contributed by atoms with van der Waals surface area (Å²) in [6, 6.07) is -1.44. The first kappa shape index (κ1) is 15.7. The molecule has 1 rings (SSSR count). The number of nitrogens with zero attached hydrogens (tertiary/aromatic N) is 1. The summed E-state index contributed by atoms with van der Waals surface area (Å²) in [5.74, 6) is -1.95. The van der Waals surface area contributed by atoms with Crippen LogP contribution < -0.4 is 5.32 Å². The zero-order valence-electron chi connectivity index (χ0n) is 11.4. The van der Waals surface area contributed by atoms with Crippen LogP contribution in [0.3, 0.4) is 0 Å². The molecule has 1 aliphatic heterocycles. The number of esters is 2. The number of nitrogens with one attached hydrogen (secondary N) is 1. The van der Waals surface area contributed by atoms with Gasteiger partial charge in [0, 0.05) is 19.2 Å². The number of likely N-dealkylation sites (N-methyl/N-ethyl adjacent to an activating group) is 1. The first-order chi connectivity index (χ1) is 9.31. The van der Waals surface area contributed by atoms with E-state index in [9.17, 15) is 19.2 Å². The molecule has 1 saturated heterocycles. The van der Waals surface area contributed by atoms with E-state index in [1.165, 1.54) is 7.05 Å². The van der Waals surface area contributed by atoms with Crippen LogP contribution in [0.1, 0.15) is 13.8 Å². The topological polar surface area (TPSA) is 102 Å². The van der Waals surface area contributed by atoms with Gasteiger partial charge >= 0.3 is 18.0 Å². The summed E-state index contributed by atoms with van der Waals surface area (Å²) in [4.78, 5) is 45.9. The number of hydrogen-bond acceptors (Lipinski definition) is 6. The SMILES string of the molecule is CC(C)OC(=O)/C=C/C(=O)OCC1NC(=O)N(C)C1=O. The lowest BCUT2D eigenvalue weighted by Crippen LogP contribution is -2.34. The lowest BCUT2D eigenvalue weighted by atomic mass is 10.3. The number of imide groups is 1. The molecule has 1 unspecified atom stereocenters. The van der Waals surface area contributed by atoms with Crippen molar-refractivity contribution in [2.24, 2.45) is 0 Å². The second-order valence-corrected chi connectivity index (χ2v) is 4.35. The molecule has 0 bridgehead atoms. The van der Waals surface area contributed by atoms with Crippen LogP contribution in [0.4, 0.5) is 4.79 Å². The minimum atomic E-state index is -0.896. The normalized spacial score (nSPS) is 18.6. The van der Waals surface area contributed by atoms with Gasteiger partial charge in [-0.25, -0.2) is 14.4 Å². The predicted octanol–water partition coefficient (Wildman–Crippen LogP) is -0.412. The highest BCUT2D eigenvalue weighted by molar-refractivity contribution is 6.04. The summed E-state index contributed by atoms with van der Waals surface area (Å²) >= 11 is 0. The van der Waals surface area contributed by atoms with Gasteiger partial charge in [0.1, 0.15) is 12.6 Å². The zero-order valence-corrected chi connectivity index (χ0v) is 11.4. The summed E-state index contributed by atoms with van der Waals surface area (Å²) in [7, 11) is 1.32. The molecule has 1 atom stereocenters. The van der Waals surface area contributed by atoms with E-state index in [1.807, 2.05) is 0 Å². The van der Waals surface area contributed by atoms with Crippen LogP contribution in [0.15, 0.2) is 12.2 Å². The smallest absolute Gasteiger partial charge is 0.331 e. The van der Waals surface area contributed by atoms with Gasteiger partial charge in [-0.15, -0.1) is 0 Å². The number of amides is 3. The average Bonchev–Trinajstić information content (AvgIpc) is 2.60. The Morgan fingerprint density at radius 3 is 2.40 bits per heavy atom. The van der Waals surface area contributed by atoms with Gasteiger partial charge in [-0.3, -0.25) is 9.69 Å². The summed E-state index contributed by atoms with van der Waals surface area (Å²) in [6.45, 7) is 3.06. The van der Waals surface area contributed by atoms with Gasteiger partial charge in [0.15, 0.2) is 0 Å². The van der Waals surface area contributed by atoms with Gasteiger partial charge < -0.3 is 14.8 Å². The van der Waals surface area contributed by atoms with Crippen molar-refractivity contribution in [1.82, 2.24) is 10.2 Å². The molecule has 1 aliphatic rings. The molecule has 8 heteroatoms. The van der Waals surface area contributed by atoms with Crippen LogP contribution in [0.25, 0.3) is 0 Å². The fourth-order valence-corrected chi connectivity index (χ4v) is 1.38. The first-order valence-corrected chi connectivity index (χ1v) is 5.94. The van der Waals surface area contributed by atoms with E-state index in [1.54, 1.807) is 13.8 Å². The third kappa shape index (κ3) is 4.38. The van der Waals surface area contributed by atoms with Gasteiger partial charge in [-0.2, -0.15) is 0 Å². The molecule has 0 aromatic heterocycles. The molecular weight excluding hydrogens is 268 g/mol. The van der Waals surface area contributed by atoms with Crippen molar-refractivity contribution < 1.29 is 28.7 Å². The van der Waals surface area contributed by atoms with E-state index in [0.29, 0.717) is 0 Å². The Kier molecular flexibility index (Phi) is 5.24. The molecule has 8 nitrogen and oxygen atoms in total. The molecule has 0 saturated carbocycles. The predicted molar refractivity (Wildman–Crippen MR) is 66.4 cm³/mol. The first-order valence-electron chi connectivity index (χ1n) is 5.94. The fraction of sp³-hybridized carbons (Fsp3) is 0.500. The molecule has 1 heterocycles. The molecule has 110 valence electrons. The number of carbonyl (C=O) groups is 4. The molecule has 3 amide bonds. The third-order valence-electron chi connectivity index (χ3n) is 2.33. The van der Waals surface area contributed by atoms with E-state index in [0.717, 1.165) is 17.1 Å². The Morgan fingerprint density at radius 1 is 1.30 bits per heavy atom. The van der Waals surface area contributed by atoms with Crippen LogP contribution in [0, 0.1) is 0 Å². The van der Waals surface area contributed by atoms with Crippen LogP contribution in [-0.2, 0) is 23.9 Å². The minimum absolute atomic E-state index is 0.287. The van der Waals surface area contributed by atoms with Gasteiger partial charge in [0.2, 0.25) is 0 Å². The largest absolute Gasteiger partial charge is 0.460 e. The lowest BCUT2D eigenvalue weighted by Gasteiger charge is -2.07. The highest BCUT2D eigenvalue weighted by atomic mass is 16.5. The molecule has 20 heavy (non-hydrogen) atoms. The highest BCUT2D eigenvalue weighted by Crippen LogP contribution is 2.04. The molecule has 0 aromatic rings. The van der Waals surface area contributed by atoms with Crippen molar-refractivity contribution in [2.75, 3.05) is 13.7 Å². The molecule has 0 aromatic carbocycles. The lowest BCUT2D eigenvalue weighted by molar-refractivity contribution is -0.143. The highest BCUT2D eigenvalue weighted by Gasteiger charge is 2.35. The maximum atomic E-state index is 11.5. The van der Waals surface area contributed by atoms with Gasteiger partial charge in [-0.1, -0.05) is 0 Å². The Labute approximate surface area is 115 Å². The molecular formula is C12H16N2O6. The van der Waals surface area contributed by atoms with Crippen molar-refractivity contribution in [1.29, 1.82) is 0 Å². The molecule has 0 radical (unpaired) electrons. The fourth-order valence-electron chi connectivity index (χ4n) is 1.38. The van der Waals surface area contributed by atoms with E-state index in [-0.39, 0.29) is 12.7 Å². The standard InChI is InChI=1S/C12H16N2O6/c1-7(2)20-10(16)5-4-9(15)19-6-8-11(17)14(3)12(18)13-8/h4-5,7-8H,6H2,1-3H3,(H,13,18)/b5-4+. The molecule has 0 spiro atoms. The Hall–Kier alpha value is -2.38. The van der Waals surface area contributed by atoms with Gasteiger partial charge in [-0.05, 0) is 13.8 Å². The van der Waals surface area contributed by atoms with Crippen LogP contribution in [-0.4, -0.2) is 54.6 Å². The van der Waals surface area contributed by atoms with Gasteiger partial charge in [0.25, 0.3) is 5.91 Å². The van der Waals surface area contributed by atoms with E-state index < -0.39 is 29.9 Å². The molecule has 1 fully saturated rings. The maximum Gasteiger partial charge on any atom is 0.331 e. The summed E-state index contributed by atoms with van der Waals surface area (Å²) in [6.07, 6.45) is 1.55.